The molecule has 6 nitrogen and oxygen atoms in total. The summed E-state index contributed by atoms with van der Waals surface area (Å²) in [7, 11) is 0. The second-order valence-electron chi connectivity index (χ2n) is 21.4. The zero-order chi connectivity index (χ0) is 49.3. The van der Waals surface area contributed by atoms with Gasteiger partial charge in [-0.25, -0.2) is 0 Å². The molecule has 0 radical (unpaired) electrons. The van der Waals surface area contributed by atoms with Gasteiger partial charge in [-0.15, -0.1) is 0 Å². The van der Waals surface area contributed by atoms with Crippen LogP contribution in [0.4, 0.5) is 0 Å². The van der Waals surface area contributed by atoms with E-state index in [1.165, 1.54) is 263 Å². The van der Waals surface area contributed by atoms with Crippen molar-refractivity contribution in [2.24, 2.45) is 0 Å². The van der Waals surface area contributed by atoms with E-state index < -0.39 is 12.1 Å². The van der Waals surface area contributed by atoms with E-state index in [1.807, 2.05) is 0 Å². The van der Waals surface area contributed by atoms with Crippen molar-refractivity contribution in [1.82, 2.24) is 5.32 Å². The normalized spacial score (nSPS) is 12.6. The summed E-state index contributed by atoms with van der Waals surface area (Å²) in [5.41, 5.74) is 0. The first kappa shape index (κ1) is 66.6. The van der Waals surface area contributed by atoms with Crippen molar-refractivity contribution in [1.29, 1.82) is 0 Å². The molecule has 0 fully saturated rings. The first-order chi connectivity index (χ1) is 33.5. The average Bonchev–Trinajstić information content (AvgIpc) is 3.34. The Kier molecular flexibility index (Phi) is 57.0. The number of esters is 1. The molecule has 0 aliphatic rings. The number of hydrogen-bond donors (Lipinski definition) is 3. The van der Waals surface area contributed by atoms with Crippen LogP contribution in [-0.2, 0) is 14.3 Å². The zero-order valence-electron chi connectivity index (χ0n) is 46.1. The van der Waals surface area contributed by atoms with Gasteiger partial charge in [-0.05, 0) is 51.4 Å². The van der Waals surface area contributed by atoms with Crippen LogP contribution in [0.15, 0.2) is 12.2 Å². The van der Waals surface area contributed by atoms with Crippen LogP contribution in [0.1, 0.15) is 348 Å². The number of amides is 1. The Bertz CT molecular complexity index is 1020. The van der Waals surface area contributed by atoms with Crippen LogP contribution in [0, 0.1) is 0 Å². The van der Waals surface area contributed by atoms with E-state index in [-0.39, 0.29) is 18.5 Å². The van der Waals surface area contributed by atoms with E-state index in [1.54, 1.807) is 0 Å². The minimum Gasteiger partial charge on any atom is -0.466 e. The topological polar surface area (TPSA) is 95.9 Å². The Morgan fingerprint density at radius 3 is 1.04 bits per heavy atom. The summed E-state index contributed by atoms with van der Waals surface area (Å²) >= 11 is 0. The molecule has 0 aliphatic heterocycles. The van der Waals surface area contributed by atoms with Gasteiger partial charge < -0.3 is 20.3 Å². The molecule has 0 saturated heterocycles. The summed E-state index contributed by atoms with van der Waals surface area (Å²) in [4.78, 5) is 24.5. The van der Waals surface area contributed by atoms with Crippen molar-refractivity contribution in [2.45, 2.75) is 360 Å². The monoisotopic (exact) mass is 960 g/mol. The molecule has 2 atom stereocenters. The van der Waals surface area contributed by atoms with E-state index in [4.69, 9.17) is 4.74 Å². The molecule has 2 unspecified atom stereocenters. The van der Waals surface area contributed by atoms with Gasteiger partial charge in [0.25, 0.3) is 0 Å². The Morgan fingerprint density at radius 2 is 0.691 bits per heavy atom. The Balaban J connectivity index is 3.45. The molecule has 1 amide bonds. The van der Waals surface area contributed by atoms with Gasteiger partial charge in [0.1, 0.15) is 0 Å². The first-order valence-corrected chi connectivity index (χ1v) is 30.9. The molecule has 0 aromatic rings. The Morgan fingerprint density at radius 1 is 0.397 bits per heavy atom. The standard InChI is InChI=1S/C62H121NO5/c1-3-5-7-9-11-13-15-17-18-19-20-21-22-24-27-31-34-38-42-46-50-54-60(65)59(58-64)63-61(66)55-51-47-43-39-35-32-28-25-23-26-29-33-37-41-45-49-53-57-68-62(67)56-52-48-44-40-36-30-16-14-12-10-8-6-4-2/h23,26,59-60,64-65H,3-22,24-25,27-58H2,1-2H3,(H,63,66)/b26-23-. The number of ether oxygens (including phenoxy) is 1. The van der Waals surface area contributed by atoms with Crippen LogP contribution in [-0.4, -0.2) is 47.4 Å². The molecule has 0 heterocycles. The zero-order valence-corrected chi connectivity index (χ0v) is 46.1. The van der Waals surface area contributed by atoms with Crippen LogP contribution >= 0.6 is 0 Å². The van der Waals surface area contributed by atoms with Crippen LogP contribution in [0.3, 0.4) is 0 Å². The fourth-order valence-electron chi connectivity index (χ4n) is 9.81. The Hall–Kier alpha value is -1.40. The molecule has 3 N–H and O–H groups in total. The maximum absolute atomic E-state index is 12.5. The van der Waals surface area contributed by atoms with Crippen LogP contribution < -0.4 is 5.32 Å². The highest BCUT2D eigenvalue weighted by Crippen LogP contribution is 2.18. The number of rotatable bonds is 58. The number of carbonyl (C=O) groups excluding carboxylic acids is 2. The third-order valence-electron chi connectivity index (χ3n) is 14.6. The van der Waals surface area contributed by atoms with Crippen molar-refractivity contribution in [2.75, 3.05) is 13.2 Å². The summed E-state index contributed by atoms with van der Waals surface area (Å²) in [5, 5.41) is 23.4. The van der Waals surface area contributed by atoms with E-state index in [0.717, 1.165) is 51.4 Å². The first-order valence-electron chi connectivity index (χ1n) is 30.9. The second kappa shape index (κ2) is 58.2. The van der Waals surface area contributed by atoms with E-state index in [2.05, 4.69) is 31.3 Å². The summed E-state index contributed by atoms with van der Waals surface area (Å²) in [6, 6.07) is -0.550. The number of aliphatic hydroxyl groups is 2. The van der Waals surface area contributed by atoms with Crippen molar-refractivity contribution >= 4 is 11.9 Å². The summed E-state index contributed by atoms with van der Waals surface area (Å²) in [6.45, 7) is 4.96. The highest BCUT2D eigenvalue weighted by atomic mass is 16.5. The van der Waals surface area contributed by atoms with Crippen LogP contribution in [0.2, 0.25) is 0 Å². The minimum absolute atomic E-state index is 0.000688. The molecule has 404 valence electrons. The van der Waals surface area contributed by atoms with Crippen LogP contribution in [0.25, 0.3) is 0 Å². The van der Waals surface area contributed by atoms with Gasteiger partial charge in [0.15, 0.2) is 0 Å². The number of allylic oxidation sites excluding steroid dienone is 2. The van der Waals surface area contributed by atoms with Gasteiger partial charge in [-0.2, -0.15) is 0 Å². The predicted octanol–water partition coefficient (Wildman–Crippen LogP) is 19.2. The maximum Gasteiger partial charge on any atom is 0.305 e. The third kappa shape index (κ3) is 53.9. The van der Waals surface area contributed by atoms with Gasteiger partial charge in [-0.3, -0.25) is 9.59 Å². The number of nitrogens with one attached hydrogen (secondary N) is 1. The molecule has 6 heteroatoms. The lowest BCUT2D eigenvalue weighted by atomic mass is 10.0. The molecule has 0 rings (SSSR count). The SMILES string of the molecule is CCCCCCCCCCCCCCCCCCCCCCCC(O)C(CO)NC(=O)CCCCCCCCC/C=C\CCCCCCCCOC(=O)CCCCCCCCCCCCCCC. The number of aliphatic hydroxyl groups excluding tert-OH is 2. The molecule has 0 saturated carbocycles. The molecule has 68 heavy (non-hydrogen) atoms. The summed E-state index contributed by atoms with van der Waals surface area (Å²) < 4.78 is 5.47. The molecule has 0 aromatic heterocycles. The number of hydrogen-bond acceptors (Lipinski definition) is 5. The van der Waals surface area contributed by atoms with Crippen molar-refractivity contribution < 1.29 is 24.5 Å². The second-order valence-corrected chi connectivity index (χ2v) is 21.4. The van der Waals surface area contributed by atoms with Crippen LogP contribution in [0.5, 0.6) is 0 Å². The molecule has 0 spiro atoms. The van der Waals surface area contributed by atoms with E-state index in [0.29, 0.717) is 25.9 Å². The summed E-state index contributed by atoms with van der Waals surface area (Å²) in [5.74, 6) is -0.0424. The van der Waals surface area contributed by atoms with Gasteiger partial charge in [0.2, 0.25) is 5.91 Å². The molecule has 0 aromatic carbocycles. The quantitative estimate of drug-likeness (QED) is 0.0321. The summed E-state index contributed by atoms with van der Waals surface area (Å²) in [6.07, 6.45) is 69.3. The molecular weight excluding hydrogens is 839 g/mol. The van der Waals surface area contributed by atoms with Gasteiger partial charge in [-0.1, -0.05) is 296 Å². The van der Waals surface area contributed by atoms with Gasteiger partial charge in [0, 0.05) is 12.8 Å². The molecule has 0 bridgehead atoms. The Labute approximate surface area is 425 Å². The van der Waals surface area contributed by atoms with Crippen molar-refractivity contribution in [3.63, 3.8) is 0 Å². The predicted molar refractivity (Wildman–Crippen MR) is 297 cm³/mol. The largest absolute Gasteiger partial charge is 0.466 e. The fourth-order valence-corrected chi connectivity index (χ4v) is 9.81. The maximum atomic E-state index is 12.5. The fraction of sp³-hybridized carbons (Fsp3) is 0.935. The van der Waals surface area contributed by atoms with E-state index in [9.17, 15) is 19.8 Å². The van der Waals surface area contributed by atoms with Crippen molar-refractivity contribution in [3.8, 4) is 0 Å². The molecular formula is C62H121NO5. The van der Waals surface area contributed by atoms with E-state index >= 15 is 0 Å². The minimum atomic E-state index is -0.672. The lowest BCUT2D eigenvalue weighted by molar-refractivity contribution is -0.143. The highest BCUT2D eigenvalue weighted by Gasteiger charge is 2.20. The average molecular weight is 961 g/mol. The van der Waals surface area contributed by atoms with Gasteiger partial charge in [0.05, 0.1) is 25.4 Å². The lowest BCUT2D eigenvalue weighted by Crippen LogP contribution is -2.45. The number of carbonyl (C=O) groups is 2. The highest BCUT2D eigenvalue weighted by molar-refractivity contribution is 5.76. The smallest absolute Gasteiger partial charge is 0.305 e. The molecule has 0 aliphatic carbocycles. The van der Waals surface area contributed by atoms with Gasteiger partial charge >= 0.3 is 5.97 Å². The number of unbranched alkanes of at least 4 members (excludes halogenated alkanes) is 45. The lowest BCUT2D eigenvalue weighted by Gasteiger charge is -2.22. The van der Waals surface area contributed by atoms with Crippen molar-refractivity contribution in [3.05, 3.63) is 12.2 Å². The third-order valence-corrected chi connectivity index (χ3v) is 14.6.